The molecule has 2 aromatic heterocycles. The molecule has 1 atom stereocenters. The Morgan fingerprint density at radius 1 is 1.32 bits per heavy atom. The van der Waals surface area contributed by atoms with E-state index in [1.54, 1.807) is 13.1 Å². The van der Waals surface area contributed by atoms with E-state index in [1.807, 2.05) is 30.1 Å². The zero-order valence-electron chi connectivity index (χ0n) is 12.7. The van der Waals surface area contributed by atoms with Gasteiger partial charge in [0.25, 0.3) is 0 Å². The summed E-state index contributed by atoms with van der Waals surface area (Å²) in [4.78, 5) is 31.4. The van der Waals surface area contributed by atoms with Gasteiger partial charge in [-0.2, -0.15) is 9.97 Å². The predicted octanol–water partition coefficient (Wildman–Crippen LogP) is 1.27. The van der Waals surface area contributed by atoms with Gasteiger partial charge in [0, 0.05) is 6.20 Å². The molecule has 0 spiro atoms. The SMILES string of the molecule is Cc1nc(NC(=O)[C@@H]2CCCN2C)nc(-c2ccccn2)n1. The van der Waals surface area contributed by atoms with Crippen LogP contribution in [0.25, 0.3) is 11.5 Å². The zero-order valence-corrected chi connectivity index (χ0v) is 12.7. The molecule has 0 unspecified atom stereocenters. The van der Waals surface area contributed by atoms with Gasteiger partial charge in [-0.15, -0.1) is 0 Å². The lowest BCUT2D eigenvalue weighted by Gasteiger charge is -2.18. The molecule has 3 heterocycles. The molecule has 7 nitrogen and oxygen atoms in total. The molecule has 1 aliphatic rings. The molecule has 1 amide bonds. The highest BCUT2D eigenvalue weighted by Crippen LogP contribution is 2.17. The number of likely N-dealkylation sites (tertiary alicyclic amines) is 1. The largest absolute Gasteiger partial charge is 0.295 e. The second kappa shape index (κ2) is 6.15. The quantitative estimate of drug-likeness (QED) is 0.919. The third-order valence-electron chi connectivity index (χ3n) is 3.70. The van der Waals surface area contributed by atoms with E-state index in [2.05, 4.69) is 25.3 Å². The van der Waals surface area contributed by atoms with Gasteiger partial charge in [-0.1, -0.05) is 6.07 Å². The van der Waals surface area contributed by atoms with Crippen LogP contribution >= 0.6 is 0 Å². The van der Waals surface area contributed by atoms with Gasteiger partial charge in [0.15, 0.2) is 5.82 Å². The van der Waals surface area contributed by atoms with Crippen molar-refractivity contribution in [2.45, 2.75) is 25.8 Å². The summed E-state index contributed by atoms with van der Waals surface area (Å²) < 4.78 is 0. The van der Waals surface area contributed by atoms with Gasteiger partial charge in [-0.3, -0.25) is 20.0 Å². The Bertz CT molecular complexity index is 675. The van der Waals surface area contributed by atoms with Crippen LogP contribution < -0.4 is 5.32 Å². The molecule has 0 aromatic carbocycles. The Morgan fingerprint density at radius 2 is 2.18 bits per heavy atom. The fourth-order valence-electron chi connectivity index (χ4n) is 2.58. The highest BCUT2D eigenvalue weighted by Gasteiger charge is 2.28. The molecular formula is C15H18N6O. The number of pyridine rings is 1. The average Bonchev–Trinajstić information content (AvgIpc) is 2.94. The number of amides is 1. The van der Waals surface area contributed by atoms with E-state index in [-0.39, 0.29) is 17.9 Å². The molecule has 22 heavy (non-hydrogen) atoms. The normalized spacial score (nSPS) is 18.4. The number of likely N-dealkylation sites (N-methyl/N-ethyl adjacent to an activating group) is 1. The molecule has 1 saturated heterocycles. The third kappa shape index (κ3) is 3.09. The van der Waals surface area contributed by atoms with Crippen LogP contribution in [0.15, 0.2) is 24.4 Å². The maximum Gasteiger partial charge on any atom is 0.244 e. The predicted molar refractivity (Wildman–Crippen MR) is 82.1 cm³/mol. The standard InChI is InChI=1S/C15H18N6O/c1-10-17-13(11-6-3-4-8-16-11)19-15(18-10)20-14(22)12-7-5-9-21(12)2/h3-4,6,8,12H,5,7,9H2,1-2H3,(H,17,18,19,20,22)/t12-/m0/s1. The first kappa shape index (κ1) is 14.5. The molecule has 114 valence electrons. The van der Waals surface area contributed by atoms with Crippen molar-refractivity contribution in [1.29, 1.82) is 0 Å². The number of nitrogens with one attached hydrogen (secondary N) is 1. The van der Waals surface area contributed by atoms with E-state index >= 15 is 0 Å². The van der Waals surface area contributed by atoms with Gasteiger partial charge in [0.2, 0.25) is 11.9 Å². The topological polar surface area (TPSA) is 83.9 Å². The Morgan fingerprint density at radius 3 is 2.86 bits per heavy atom. The van der Waals surface area contributed by atoms with Crippen molar-refractivity contribution in [2.75, 3.05) is 18.9 Å². The molecule has 0 aliphatic carbocycles. The maximum atomic E-state index is 12.3. The number of anilines is 1. The minimum absolute atomic E-state index is 0.0717. The number of carbonyl (C=O) groups excluding carboxylic acids is 1. The minimum atomic E-state index is -0.115. The van der Waals surface area contributed by atoms with Gasteiger partial charge < -0.3 is 0 Å². The molecule has 2 aromatic rings. The van der Waals surface area contributed by atoms with Crippen molar-refractivity contribution >= 4 is 11.9 Å². The summed E-state index contributed by atoms with van der Waals surface area (Å²) in [5, 5.41) is 2.79. The number of aryl methyl sites for hydroxylation is 1. The smallest absolute Gasteiger partial charge is 0.244 e. The first-order valence-corrected chi connectivity index (χ1v) is 7.28. The summed E-state index contributed by atoms with van der Waals surface area (Å²) in [6.07, 6.45) is 3.57. The van der Waals surface area contributed by atoms with Crippen molar-refractivity contribution in [2.24, 2.45) is 0 Å². The first-order chi connectivity index (χ1) is 10.6. The van der Waals surface area contributed by atoms with Crippen LogP contribution in [-0.2, 0) is 4.79 Å². The Kier molecular flexibility index (Phi) is 4.06. The van der Waals surface area contributed by atoms with Gasteiger partial charge in [-0.25, -0.2) is 4.98 Å². The molecule has 1 fully saturated rings. The van der Waals surface area contributed by atoms with Crippen LogP contribution in [0, 0.1) is 6.92 Å². The van der Waals surface area contributed by atoms with E-state index in [0.29, 0.717) is 17.3 Å². The molecule has 0 saturated carbocycles. The average molecular weight is 298 g/mol. The van der Waals surface area contributed by atoms with Gasteiger partial charge in [0.1, 0.15) is 11.5 Å². The van der Waals surface area contributed by atoms with E-state index < -0.39 is 0 Å². The lowest BCUT2D eigenvalue weighted by molar-refractivity contribution is -0.120. The molecule has 1 N–H and O–H groups in total. The van der Waals surface area contributed by atoms with Crippen molar-refractivity contribution in [3.05, 3.63) is 30.2 Å². The fourth-order valence-corrected chi connectivity index (χ4v) is 2.58. The number of hydrogen-bond donors (Lipinski definition) is 1. The summed E-state index contributed by atoms with van der Waals surface area (Å²) in [7, 11) is 1.95. The van der Waals surface area contributed by atoms with E-state index in [4.69, 9.17) is 0 Å². The number of rotatable bonds is 3. The first-order valence-electron chi connectivity index (χ1n) is 7.28. The Labute approximate surface area is 128 Å². The van der Waals surface area contributed by atoms with Crippen molar-refractivity contribution < 1.29 is 4.79 Å². The van der Waals surface area contributed by atoms with Crippen molar-refractivity contribution in [3.63, 3.8) is 0 Å². The lowest BCUT2D eigenvalue weighted by Crippen LogP contribution is -2.37. The summed E-state index contributed by atoms with van der Waals surface area (Å²) in [6, 6.07) is 5.41. The maximum absolute atomic E-state index is 12.3. The van der Waals surface area contributed by atoms with E-state index in [0.717, 1.165) is 19.4 Å². The Hall–Kier alpha value is -2.41. The second-order valence-electron chi connectivity index (χ2n) is 5.37. The number of hydrogen-bond acceptors (Lipinski definition) is 6. The van der Waals surface area contributed by atoms with Gasteiger partial charge in [-0.05, 0) is 45.5 Å². The molecule has 1 aliphatic heterocycles. The van der Waals surface area contributed by atoms with Crippen LogP contribution in [0.5, 0.6) is 0 Å². The second-order valence-corrected chi connectivity index (χ2v) is 5.37. The molecular weight excluding hydrogens is 280 g/mol. The van der Waals surface area contributed by atoms with Crippen LogP contribution in [0.2, 0.25) is 0 Å². The van der Waals surface area contributed by atoms with Crippen molar-refractivity contribution in [1.82, 2.24) is 24.8 Å². The summed E-state index contributed by atoms with van der Waals surface area (Å²) in [6.45, 7) is 2.71. The highest BCUT2D eigenvalue weighted by atomic mass is 16.2. The monoisotopic (exact) mass is 298 g/mol. The summed E-state index contributed by atoms with van der Waals surface area (Å²) >= 11 is 0. The number of aromatic nitrogens is 4. The van der Waals surface area contributed by atoms with Gasteiger partial charge >= 0.3 is 0 Å². The van der Waals surface area contributed by atoms with Gasteiger partial charge in [0.05, 0.1) is 6.04 Å². The summed E-state index contributed by atoms with van der Waals surface area (Å²) in [5.74, 6) is 1.21. The number of nitrogens with zero attached hydrogens (tertiary/aromatic N) is 5. The summed E-state index contributed by atoms with van der Waals surface area (Å²) in [5.41, 5.74) is 0.654. The lowest BCUT2D eigenvalue weighted by atomic mass is 10.2. The van der Waals surface area contributed by atoms with E-state index in [9.17, 15) is 4.79 Å². The van der Waals surface area contributed by atoms with Crippen LogP contribution in [0.1, 0.15) is 18.7 Å². The Balaban J connectivity index is 1.82. The number of carbonyl (C=O) groups is 1. The molecule has 7 heteroatoms. The molecule has 0 bridgehead atoms. The molecule has 3 rings (SSSR count). The highest BCUT2D eigenvalue weighted by molar-refractivity contribution is 5.93. The molecule has 0 radical (unpaired) electrons. The fraction of sp³-hybridized carbons (Fsp3) is 0.400. The third-order valence-corrected chi connectivity index (χ3v) is 3.70. The van der Waals surface area contributed by atoms with Crippen LogP contribution in [-0.4, -0.2) is 50.4 Å². The zero-order chi connectivity index (χ0) is 15.5. The van der Waals surface area contributed by atoms with Crippen LogP contribution in [0.3, 0.4) is 0 Å². The van der Waals surface area contributed by atoms with Crippen molar-refractivity contribution in [3.8, 4) is 11.5 Å². The minimum Gasteiger partial charge on any atom is -0.295 e. The van der Waals surface area contributed by atoms with Crippen LogP contribution in [0.4, 0.5) is 5.95 Å². The van der Waals surface area contributed by atoms with E-state index in [1.165, 1.54) is 0 Å².